The highest BCUT2D eigenvalue weighted by atomic mass is 32.2. The summed E-state index contributed by atoms with van der Waals surface area (Å²) < 4.78 is 25.7. The summed E-state index contributed by atoms with van der Waals surface area (Å²) >= 11 is 1.14. The first-order valence-corrected chi connectivity index (χ1v) is 11.3. The van der Waals surface area contributed by atoms with Crippen LogP contribution < -0.4 is 14.2 Å². The van der Waals surface area contributed by atoms with E-state index in [4.69, 9.17) is 18.9 Å². The predicted octanol–water partition coefficient (Wildman–Crippen LogP) is 4.45. The van der Waals surface area contributed by atoms with E-state index in [0.29, 0.717) is 38.4 Å². The Balaban J connectivity index is 1.94. The molecular weight excluding hydrogens is 474 g/mol. The van der Waals surface area contributed by atoms with Crippen LogP contribution in [0.25, 0.3) is 6.08 Å². The first kappa shape index (κ1) is 25.7. The molecule has 10 heteroatoms. The molecular formula is C25H25NO8S. The lowest BCUT2D eigenvalue weighted by atomic mass is 10.1. The Morgan fingerprint density at radius 3 is 2.40 bits per heavy atom. The normalized spacial score (nSPS) is 15.3. The number of nitrogens with zero attached hydrogens (tertiary/aromatic N) is 1. The molecule has 0 fully saturated rings. The fourth-order valence-corrected chi connectivity index (χ4v) is 4.04. The van der Waals surface area contributed by atoms with Crippen LogP contribution in [0.2, 0.25) is 0 Å². The molecule has 3 rings (SSSR count). The molecule has 0 saturated carbocycles. The minimum Gasteiger partial charge on any atom is -0.506 e. The smallest absolute Gasteiger partial charge is 0.344 e. The van der Waals surface area contributed by atoms with Crippen LogP contribution in [0.3, 0.4) is 0 Å². The molecule has 2 aromatic carbocycles. The van der Waals surface area contributed by atoms with Crippen molar-refractivity contribution in [2.45, 2.75) is 6.92 Å². The van der Waals surface area contributed by atoms with E-state index < -0.39 is 11.9 Å². The minimum atomic E-state index is -0.669. The van der Waals surface area contributed by atoms with E-state index in [9.17, 15) is 14.7 Å². The molecule has 1 N–H and O–H groups in total. The Kier molecular flexibility index (Phi) is 8.80. The number of thioether (sulfide) groups is 1. The summed E-state index contributed by atoms with van der Waals surface area (Å²) in [5, 5.41) is 11.2. The molecule has 0 amide bonds. The number of methoxy groups -OCH3 is 3. The van der Waals surface area contributed by atoms with Crippen molar-refractivity contribution in [1.29, 1.82) is 0 Å². The number of rotatable bonds is 9. The van der Waals surface area contributed by atoms with Crippen molar-refractivity contribution in [2.75, 3.05) is 34.5 Å². The summed E-state index contributed by atoms with van der Waals surface area (Å²) in [4.78, 5) is 28.9. The highest BCUT2D eigenvalue weighted by Crippen LogP contribution is 2.41. The van der Waals surface area contributed by atoms with Gasteiger partial charge in [0.05, 0.1) is 38.5 Å². The SMILES string of the molecule is CCOC(=O)C1=C(O)/C(=C/c2ccc(OCC(=O)OC)c(OC)c2)SC1=Nc1ccc(OC)cc1. The fourth-order valence-electron chi connectivity index (χ4n) is 3.01. The molecule has 9 nitrogen and oxygen atoms in total. The van der Waals surface area contributed by atoms with Gasteiger partial charge in [-0.2, -0.15) is 0 Å². The van der Waals surface area contributed by atoms with Crippen molar-refractivity contribution in [3.8, 4) is 17.2 Å². The van der Waals surface area contributed by atoms with Crippen molar-refractivity contribution in [3.05, 3.63) is 64.3 Å². The van der Waals surface area contributed by atoms with Crippen LogP contribution in [-0.2, 0) is 19.1 Å². The van der Waals surface area contributed by atoms with Gasteiger partial charge in [0, 0.05) is 0 Å². The molecule has 184 valence electrons. The zero-order valence-corrected chi connectivity index (χ0v) is 20.5. The molecule has 0 atom stereocenters. The highest BCUT2D eigenvalue weighted by molar-refractivity contribution is 8.18. The van der Waals surface area contributed by atoms with Crippen molar-refractivity contribution >= 4 is 40.5 Å². The van der Waals surface area contributed by atoms with Crippen LogP contribution in [0, 0.1) is 0 Å². The lowest BCUT2D eigenvalue weighted by Gasteiger charge is -2.10. The van der Waals surface area contributed by atoms with E-state index in [2.05, 4.69) is 9.73 Å². The molecule has 35 heavy (non-hydrogen) atoms. The Labute approximate surface area is 207 Å². The van der Waals surface area contributed by atoms with Gasteiger partial charge in [-0.05, 0) is 55.0 Å². The summed E-state index contributed by atoms with van der Waals surface area (Å²) in [6, 6.07) is 12.0. The third-order valence-corrected chi connectivity index (χ3v) is 5.75. The van der Waals surface area contributed by atoms with E-state index in [1.807, 2.05) is 0 Å². The highest BCUT2D eigenvalue weighted by Gasteiger charge is 2.33. The van der Waals surface area contributed by atoms with Crippen molar-refractivity contribution in [1.82, 2.24) is 0 Å². The van der Waals surface area contributed by atoms with Gasteiger partial charge in [-0.25, -0.2) is 14.6 Å². The van der Waals surface area contributed by atoms with Gasteiger partial charge in [0.2, 0.25) is 0 Å². The quantitative estimate of drug-likeness (QED) is 0.500. The van der Waals surface area contributed by atoms with Crippen LogP contribution in [0.1, 0.15) is 12.5 Å². The largest absolute Gasteiger partial charge is 0.506 e. The predicted molar refractivity (Wildman–Crippen MR) is 132 cm³/mol. The molecule has 1 aliphatic rings. The zero-order valence-electron chi connectivity index (χ0n) is 19.7. The van der Waals surface area contributed by atoms with E-state index in [0.717, 1.165) is 11.8 Å². The van der Waals surface area contributed by atoms with E-state index in [1.165, 1.54) is 14.2 Å². The first-order chi connectivity index (χ1) is 16.9. The van der Waals surface area contributed by atoms with Crippen LogP contribution in [0.5, 0.6) is 17.2 Å². The van der Waals surface area contributed by atoms with Crippen LogP contribution in [0.4, 0.5) is 5.69 Å². The number of aliphatic hydroxyl groups is 1. The number of hydrogen-bond donors (Lipinski definition) is 1. The molecule has 2 aromatic rings. The second kappa shape index (κ2) is 12.0. The topological polar surface area (TPSA) is 113 Å². The second-order valence-electron chi connectivity index (χ2n) is 6.94. The van der Waals surface area contributed by atoms with Crippen LogP contribution in [0.15, 0.2) is 63.7 Å². The summed E-state index contributed by atoms with van der Waals surface area (Å²) in [6.45, 7) is 1.57. The summed E-state index contributed by atoms with van der Waals surface area (Å²) in [5.41, 5.74) is 1.23. The number of carbonyl (C=O) groups is 2. The Hall–Kier alpha value is -3.92. The molecule has 1 heterocycles. The van der Waals surface area contributed by atoms with Crippen molar-refractivity contribution in [3.63, 3.8) is 0 Å². The molecule has 0 spiro atoms. The van der Waals surface area contributed by atoms with Crippen LogP contribution in [-0.4, -0.2) is 56.6 Å². The average Bonchev–Trinajstić information content (AvgIpc) is 3.17. The maximum Gasteiger partial charge on any atom is 0.344 e. The monoisotopic (exact) mass is 499 g/mol. The maximum atomic E-state index is 12.6. The molecule has 1 aliphatic heterocycles. The zero-order chi connectivity index (χ0) is 25.4. The molecule has 0 aliphatic carbocycles. The Morgan fingerprint density at radius 2 is 1.77 bits per heavy atom. The molecule has 0 aromatic heterocycles. The number of aliphatic imine (C=N–C) groups is 1. The van der Waals surface area contributed by atoms with Crippen molar-refractivity contribution in [2.24, 2.45) is 4.99 Å². The number of benzene rings is 2. The van der Waals surface area contributed by atoms with Gasteiger partial charge in [-0.15, -0.1) is 0 Å². The molecule has 0 saturated heterocycles. The Bertz CT molecular complexity index is 1180. The van der Waals surface area contributed by atoms with Gasteiger partial charge >= 0.3 is 11.9 Å². The number of aliphatic hydroxyl groups excluding tert-OH is 1. The van der Waals surface area contributed by atoms with Gasteiger partial charge in [0.25, 0.3) is 0 Å². The first-order valence-electron chi connectivity index (χ1n) is 10.5. The van der Waals surface area contributed by atoms with E-state index >= 15 is 0 Å². The lowest BCUT2D eigenvalue weighted by Crippen LogP contribution is -2.13. The maximum absolute atomic E-state index is 12.6. The van der Waals surface area contributed by atoms with Gasteiger partial charge in [0.15, 0.2) is 18.1 Å². The molecule has 0 bridgehead atoms. The number of hydrogen-bond acceptors (Lipinski definition) is 10. The van der Waals surface area contributed by atoms with E-state index in [1.54, 1.807) is 62.6 Å². The number of ether oxygens (including phenoxy) is 5. The minimum absolute atomic E-state index is 0.0103. The number of esters is 2. The number of carbonyl (C=O) groups excluding carboxylic acids is 2. The van der Waals surface area contributed by atoms with Gasteiger partial charge < -0.3 is 28.8 Å². The van der Waals surface area contributed by atoms with E-state index in [-0.39, 0.29) is 24.5 Å². The standard InChI is InChI=1S/C25H25NO8S/c1-5-33-25(29)22-23(28)20(35-24(22)26-16-7-9-17(30-2)10-8-16)13-15-6-11-18(19(12-15)31-3)34-14-21(27)32-4/h6-13,28H,5,14H2,1-4H3/b20-13-,26-24?. The Morgan fingerprint density at radius 1 is 1.03 bits per heavy atom. The summed E-state index contributed by atoms with van der Waals surface area (Å²) in [7, 11) is 4.31. The van der Waals surface area contributed by atoms with Crippen LogP contribution >= 0.6 is 11.8 Å². The van der Waals surface area contributed by atoms with Gasteiger partial charge in [0.1, 0.15) is 22.1 Å². The van der Waals surface area contributed by atoms with Crippen molar-refractivity contribution < 1.29 is 38.4 Å². The summed E-state index contributed by atoms with van der Waals surface area (Å²) in [5.74, 6) is -0.0141. The molecule has 0 radical (unpaired) electrons. The lowest BCUT2D eigenvalue weighted by molar-refractivity contribution is -0.143. The fraction of sp³-hybridized carbons (Fsp3) is 0.240. The average molecular weight is 500 g/mol. The molecule has 0 unspecified atom stereocenters. The third-order valence-electron chi connectivity index (χ3n) is 4.73. The van der Waals surface area contributed by atoms with Gasteiger partial charge in [-0.1, -0.05) is 17.8 Å². The van der Waals surface area contributed by atoms with Gasteiger partial charge in [-0.3, -0.25) is 0 Å². The second-order valence-corrected chi connectivity index (χ2v) is 7.98. The summed E-state index contributed by atoms with van der Waals surface area (Å²) in [6.07, 6.45) is 1.68. The third kappa shape index (κ3) is 6.36.